The van der Waals surface area contributed by atoms with E-state index in [2.05, 4.69) is 40.7 Å². The molecule has 8 atom stereocenters. The van der Waals surface area contributed by atoms with Crippen molar-refractivity contribution in [1.29, 1.82) is 0 Å². The molecule has 40 heavy (non-hydrogen) atoms. The van der Waals surface area contributed by atoms with Gasteiger partial charge < -0.3 is 14.2 Å². The van der Waals surface area contributed by atoms with Crippen molar-refractivity contribution in [2.24, 2.45) is 46.3 Å². The molecule has 222 valence electrons. The number of esters is 1. The Labute approximate surface area is 243 Å². The van der Waals surface area contributed by atoms with Crippen LogP contribution in [0.25, 0.3) is 0 Å². The highest BCUT2D eigenvalue weighted by Crippen LogP contribution is 2.67. The zero-order valence-electron chi connectivity index (χ0n) is 26.3. The van der Waals surface area contributed by atoms with Gasteiger partial charge in [-0.25, -0.2) is 4.79 Å². The van der Waals surface area contributed by atoms with E-state index in [0.717, 1.165) is 54.8 Å². The Kier molecular flexibility index (Phi) is 8.65. The van der Waals surface area contributed by atoms with Gasteiger partial charge >= 0.3 is 5.97 Å². The highest BCUT2D eigenvalue weighted by atomic mass is 16.5. The predicted molar refractivity (Wildman–Crippen MR) is 162 cm³/mol. The molecule has 0 saturated heterocycles. The lowest BCUT2D eigenvalue weighted by Gasteiger charge is -2.58. The SMILES string of the molecule is COc1cccc(C(=O)O[C@H]2CC[C@@]3(C)C(=CC[C@@H]4[C@H]5CC[C@@H]([C@@H](C)CCCC(C)C)[C@]5(C)CC[C@H]43)C2)c1OC. The van der Waals surface area contributed by atoms with Gasteiger partial charge in [-0.15, -0.1) is 0 Å². The van der Waals surface area contributed by atoms with Crippen LogP contribution in [0.5, 0.6) is 11.5 Å². The minimum absolute atomic E-state index is 0.0734. The molecule has 0 aliphatic heterocycles. The van der Waals surface area contributed by atoms with Crippen LogP contribution in [0.15, 0.2) is 29.8 Å². The normalized spacial score (nSPS) is 35.7. The van der Waals surface area contributed by atoms with Crippen LogP contribution >= 0.6 is 0 Å². The summed E-state index contributed by atoms with van der Waals surface area (Å²) in [4.78, 5) is 13.2. The molecule has 4 aliphatic carbocycles. The summed E-state index contributed by atoms with van der Waals surface area (Å²) in [6.45, 7) is 12.5. The number of para-hydroxylation sites is 1. The number of benzene rings is 1. The number of allylic oxidation sites excluding steroid dienone is 1. The third-order valence-electron chi connectivity index (χ3n) is 12.2. The van der Waals surface area contributed by atoms with Crippen LogP contribution in [0.4, 0.5) is 0 Å². The fraction of sp³-hybridized carbons (Fsp3) is 0.750. The molecule has 0 heterocycles. The molecule has 0 amide bonds. The van der Waals surface area contributed by atoms with Gasteiger partial charge in [0, 0.05) is 6.42 Å². The first-order valence-electron chi connectivity index (χ1n) is 16.2. The quantitative estimate of drug-likeness (QED) is 0.227. The molecule has 3 saturated carbocycles. The fourth-order valence-corrected chi connectivity index (χ4v) is 10.0. The third-order valence-corrected chi connectivity index (χ3v) is 12.2. The maximum atomic E-state index is 13.2. The summed E-state index contributed by atoms with van der Waals surface area (Å²) in [6.07, 6.45) is 16.4. The number of carbonyl (C=O) groups excluding carboxylic acids is 1. The number of ether oxygens (including phenoxy) is 3. The van der Waals surface area contributed by atoms with Crippen LogP contribution in [0.3, 0.4) is 0 Å². The summed E-state index contributed by atoms with van der Waals surface area (Å²) in [5.41, 5.74) is 2.76. The van der Waals surface area contributed by atoms with Crippen LogP contribution in [0.1, 0.15) is 116 Å². The molecule has 0 N–H and O–H groups in total. The Balaban J connectivity index is 1.26. The van der Waals surface area contributed by atoms with E-state index >= 15 is 0 Å². The topological polar surface area (TPSA) is 44.8 Å². The zero-order chi connectivity index (χ0) is 28.7. The van der Waals surface area contributed by atoms with Crippen molar-refractivity contribution in [3.63, 3.8) is 0 Å². The molecule has 0 unspecified atom stereocenters. The largest absolute Gasteiger partial charge is 0.493 e. The van der Waals surface area contributed by atoms with Gasteiger partial charge in [0.05, 0.1) is 14.2 Å². The third kappa shape index (κ3) is 5.22. The van der Waals surface area contributed by atoms with Gasteiger partial charge in [0.15, 0.2) is 11.5 Å². The molecular formula is C36H54O4. The maximum Gasteiger partial charge on any atom is 0.342 e. The standard InChI is InChI=1S/C36H54O4/c1-23(2)10-8-11-24(3)29-16-17-30-27-15-14-25-22-26(18-20-35(25,4)31(27)19-21-36(29,30)5)40-34(37)28-12-9-13-32(38-6)33(28)39-7/h9,12-14,23-24,26-27,29-31H,8,10-11,15-22H2,1-7H3/t24-,26-,27+,29-,30+,31+,35-,36-/m0/s1. The Morgan fingerprint density at radius 2 is 1.77 bits per heavy atom. The van der Waals surface area contributed by atoms with Crippen molar-refractivity contribution in [1.82, 2.24) is 0 Å². The van der Waals surface area contributed by atoms with E-state index in [4.69, 9.17) is 14.2 Å². The lowest BCUT2D eigenvalue weighted by atomic mass is 9.47. The monoisotopic (exact) mass is 550 g/mol. The smallest absolute Gasteiger partial charge is 0.342 e. The summed E-state index contributed by atoms with van der Waals surface area (Å²) in [5.74, 6) is 5.72. The van der Waals surface area contributed by atoms with E-state index in [1.165, 1.54) is 51.4 Å². The van der Waals surface area contributed by atoms with Gasteiger partial charge in [-0.05, 0) is 103 Å². The molecule has 5 rings (SSSR count). The predicted octanol–water partition coefficient (Wildman–Crippen LogP) is 9.27. The van der Waals surface area contributed by atoms with Crippen molar-refractivity contribution in [2.45, 2.75) is 111 Å². The second kappa shape index (κ2) is 11.7. The van der Waals surface area contributed by atoms with E-state index in [1.54, 1.807) is 31.9 Å². The van der Waals surface area contributed by atoms with Crippen molar-refractivity contribution in [3.05, 3.63) is 35.4 Å². The van der Waals surface area contributed by atoms with Crippen LogP contribution in [-0.2, 0) is 4.74 Å². The average Bonchev–Trinajstić information content (AvgIpc) is 3.29. The molecule has 1 aromatic rings. The number of hydrogen-bond donors (Lipinski definition) is 0. The van der Waals surface area contributed by atoms with Gasteiger partial charge in [-0.1, -0.05) is 71.6 Å². The molecule has 4 aliphatic rings. The fourth-order valence-electron chi connectivity index (χ4n) is 10.0. The maximum absolute atomic E-state index is 13.2. The van der Waals surface area contributed by atoms with Crippen LogP contribution < -0.4 is 9.47 Å². The van der Waals surface area contributed by atoms with Gasteiger partial charge in [0.25, 0.3) is 0 Å². The Bertz CT molecular complexity index is 1090. The summed E-state index contributed by atoms with van der Waals surface area (Å²) >= 11 is 0. The van der Waals surface area contributed by atoms with Crippen molar-refractivity contribution in [2.75, 3.05) is 14.2 Å². The lowest BCUT2D eigenvalue weighted by Crippen LogP contribution is -2.51. The number of fused-ring (bicyclic) bond motifs is 5. The van der Waals surface area contributed by atoms with Crippen molar-refractivity contribution >= 4 is 5.97 Å². The van der Waals surface area contributed by atoms with Crippen LogP contribution in [-0.4, -0.2) is 26.3 Å². The number of rotatable bonds is 9. The van der Waals surface area contributed by atoms with Crippen LogP contribution in [0, 0.1) is 46.3 Å². The minimum atomic E-state index is -0.313. The van der Waals surface area contributed by atoms with E-state index < -0.39 is 0 Å². The molecule has 3 fully saturated rings. The Morgan fingerprint density at radius 3 is 2.50 bits per heavy atom. The molecule has 0 radical (unpaired) electrons. The highest BCUT2D eigenvalue weighted by molar-refractivity contribution is 5.93. The van der Waals surface area contributed by atoms with Gasteiger partial charge in [0.1, 0.15) is 11.7 Å². The van der Waals surface area contributed by atoms with E-state index in [0.29, 0.717) is 22.5 Å². The molecule has 1 aromatic carbocycles. The Morgan fingerprint density at radius 1 is 0.975 bits per heavy atom. The first kappa shape index (κ1) is 29.5. The van der Waals surface area contributed by atoms with E-state index in [9.17, 15) is 4.79 Å². The highest BCUT2D eigenvalue weighted by Gasteiger charge is 2.59. The van der Waals surface area contributed by atoms with Gasteiger partial charge in [-0.2, -0.15) is 0 Å². The molecular weight excluding hydrogens is 496 g/mol. The number of methoxy groups -OCH3 is 2. The van der Waals surface area contributed by atoms with E-state index in [-0.39, 0.29) is 17.5 Å². The second-order valence-electron chi connectivity index (χ2n) is 14.6. The van der Waals surface area contributed by atoms with Gasteiger partial charge in [-0.3, -0.25) is 0 Å². The average molecular weight is 551 g/mol. The summed E-state index contributed by atoms with van der Waals surface area (Å²) in [5, 5.41) is 0. The van der Waals surface area contributed by atoms with Crippen molar-refractivity contribution < 1.29 is 19.0 Å². The summed E-state index contributed by atoms with van der Waals surface area (Å²) in [7, 11) is 3.16. The number of hydrogen-bond acceptors (Lipinski definition) is 4. The molecule has 4 heteroatoms. The molecule has 4 nitrogen and oxygen atoms in total. The molecule has 0 spiro atoms. The van der Waals surface area contributed by atoms with Gasteiger partial charge in [0.2, 0.25) is 0 Å². The zero-order valence-corrected chi connectivity index (χ0v) is 26.3. The molecule has 0 aromatic heterocycles. The van der Waals surface area contributed by atoms with E-state index in [1.807, 2.05) is 6.07 Å². The second-order valence-corrected chi connectivity index (χ2v) is 14.6. The van der Waals surface area contributed by atoms with Crippen LogP contribution in [0.2, 0.25) is 0 Å². The summed E-state index contributed by atoms with van der Waals surface area (Å²) < 4.78 is 17.0. The number of carbonyl (C=O) groups is 1. The Hall–Kier alpha value is -1.97. The molecule has 0 bridgehead atoms. The minimum Gasteiger partial charge on any atom is -0.493 e. The first-order valence-corrected chi connectivity index (χ1v) is 16.2. The van der Waals surface area contributed by atoms with Crippen molar-refractivity contribution in [3.8, 4) is 11.5 Å². The summed E-state index contributed by atoms with van der Waals surface area (Å²) in [6, 6.07) is 5.39. The lowest BCUT2D eigenvalue weighted by molar-refractivity contribution is -0.0594. The first-order chi connectivity index (χ1) is 19.1.